The third kappa shape index (κ3) is 4.03. The van der Waals surface area contributed by atoms with Gasteiger partial charge < -0.3 is 5.32 Å². The Morgan fingerprint density at radius 1 is 1.21 bits per heavy atom. The number of hydrogen-bond acceptors (Lipinski definition) is 5. The van der Waals surface area contributed by atoms with E-state index in [1.54, 1.807) is 6.07 Å². The van der Waals surface area contributed by atoms with Gasteiger partial charge in [0, 0.05) is 11.8 Å². The van der Waals surface area contributed by atoms with Gasteiger partial charge in [-0.3, -0.25) is 9.59 Å². The van der Waals surface area contributed by atoms with Crippen molar-refractivity contribution < 1.29 is 26.8 Å². The summed E-state index contributed by atoms with van der Waals surface area (Å²) in [6.07, 6.45) is 2.10. The van der Waals surface area contributed by atoms with Crippen molar-refractivity contribution in [2.75, 3.05) is 11.6 Å². The van der Waals surface area contributed by atoms with Gasteiger partial charge in [0.15, 0.2) is 15.6 Å². The smallest absolute Gasteiger partial charge is 0.257 e. The lowest BCUT2D eigenvalue weighted by molar-refractivity contribution is 0.101. The van der Waals surface area contributed by atoms with Crippen LogP contribution in [0.4, 0.5) is 14.5 Å². The minimum Gasteiger partial charge on any atom is -0.321 e. The van der Waals surface area contributed by atoms with Gasteiger partial charge >= 0.3 is 0 Å². The zero-order valence-electron chi connectivity index (χ0n) is 15.5. The van der Waals surface area contributed by atoms with Gasteiger partial charge in [-0.25, -0.2) is 17.2 Å². The van der Waals surface area contributed by atoms with E-state index >= 15 is 0 Å². The Labute approximate surface area is 166 Å². The van der Waals surface area contributed by atoms with E-state index in [0.717, 1.165) is 31.4 Å². The zero-order chi connectivity index (χ0) is 21.5. The van der Waals surface area contributed by atoms with Crippen molar-refractivity contribution in [2.45, 2.75) is 30.6 Å². The monoisotopic (exact) mass is 418 g/mol. The normalized spacial score (nSPS) is 13.6. The summed E-state index contributed by atoms with van der Waals surface area (Å²) in [6.45, 7) is 1.08. The number of halogens is 2. The SMILES string of the molecule is CC(=O)c1c(NC(=O)c2cc(C#N)ccc2S(C)(=O)=O)cc(F)c(C2CC2)c1F. The number of sulfone groups is 1. The molecule has 2 aromatic rings. The Hall–Kier alpha value is -3.12. The van der Waals surface area contributed by atoms with Gasteiger partial charge in [0.1, 0.15) is 11.6 Å². The molecule has 0 spiro atoms. The predicted octanol–water partition coefficient (Wildman–Crippen LogP) is 3.57. The van der Waals surface area contributed by atoms with E-state index in [0.29, 0.717) is 12.8 Å². The molecule has 0 bridgehead atoms. The molecule has 29 heavy (non-hydrogen) atoms. The minimum absolute atomic E-state index is 0.0239. The first kappa shape index (κ1) is 20.6. The fourth-order valence-electron chi connectivity index (χ4n) is 3.11. The summed E-state index contributed by atoms with van der Waals surface area (Å²) in [6, 6.07) is 6.05. The fourth-order valence-corrected chi connectivity index (χ4v) is 3.98. The van der Waals surface area contributed by atoms with Gasteiger partial charge in [-0.05, 0) is 49.9 Å². The van der Waals surface area contributed by atoms with Crippen LogP contribution in [0.5, 0.6) is 0 Å². The third-order valence-corrected chi connectivity index (χ3v) is 5.75. The molecule has 1 saturated carbocycles. The number of rotatable bonds is 5. The molecular weight excluding hydrogens is 402 g/mol. The first-order chi connectivity index (χ1) is 13.5. The molecule has 1 amide bonds. The molecule has 0 heterocycles. The van der Waals surface area contributed by atoms with Crippen LogP contribution in [0.2, 0.25) is 0 Å². The number of anilines is 1. The number of nitrogens with one attached hydrogen (secondary N) is 1. The third-order valence-electron chi connectivity index (χ3n) is 4.59. The molecule has 150 valence electrons. The summed E-state index contributed by atoms with van der Waals surface area (Å²) < 4.78 is 53.2. The van der Waals surface area contributed by atoms with E-state index in [9.17, 15) is 26.8 Å². The largest absolute Gasteiger partial charge is 0.321 e. The van der Waals surface area contributed by atoms with Crippen LogP contribution in [-0.4, -0.2) is 26.4 Å². The van der Waals surface area contributed by atoms with Gasteiger partial charge in [0.2, 0.25) is 0 Å². The first-order valence-electron chi connectivity index (χ1n) is 8.63. The second-order valence-corrected chi connectivity index (χ2v) is 8.87. The van der Waals surface area contributed by atoms with Crippen LogP contribution < -0.4 is 5.32 Å². The minimum atomic E-state index is -3.83. The lowest BCUT2D eigenvalue weighted by Crippen LogP contribution is -2.19. The van der Waals surface area contributed by atoms with Gasteiger partial charge in [-0.1, -0.05) is 0 Å². The van der Waals surface area contributed by atoms with Gasteiger partial charge in [-0.2, -0.15) is 5.26 Å². The van der Waals surface area contributed by atoms with E-state index in [1.807, 2.05) is 0 Å². The summed E-state index contributed by atoms with van der Waals surface area (Å²) in [5, 5.41) is 11.3. The second-order valence-electron chi connectivity index (χ2n) is 6.89. The Morgan fingerprint density at radius 2 is 1.86 bits per heavy atom. The Kier molecular flexibility index (Phi) is 5.24. The van der Waals surface area contributed by atoms with Crippen LogP contribution in [-0.2, 0) is 9.84 Å². The van der Waals surface area contributed by atoms with Crippen LogP contribution in [0, 0.1) is 23.0 Å². The maximum absolute atomic E-state index is 14.8. The van der Waals surface area contributed by atoms with Crippen molar-refractivity contribution in [1.29, 1.82) is 5.26 Å². The highest BCUT2D eigenvalue weighted by atomic mass is 32.2. The number of nitrogens with zero attached hydrogens (tertiary/aromatic N) is 1. The molecule has 0 aliphatic heterocycles. The van der Waals surface area contributed by atoms with Gasteiger partial charge in [-0.15, -0.1) is 0 Å². The summed E-state index contributed by atoms with van der Waals surface area (Å²) in [5.74, 6) is -3.94. The van der Waals surface area contributed by atoms with Crippen LogP contribution in [0.3, 0.4) is 0 Å². The predicted molar refractivity (Wildman–Crippen MR) is 101 cm³/mol. The van der Waals surface area contributed by atoms with Crippen LogP contribution in [0.1, 0.15) is 57.5 Å². The Balaban J connectivity index is 2.11. The maximum atomic E-state index is 14.8. The lowest BCUT2D eigenvalue weighted by Gasteiger charge is -2.15. The Morgan fingerprint density at radius 3 is 2.38 bits per heavy atom. The first-order valence-corrected chi connectivity index (χ1v) is 10.5. The molecule has 0 radical (unpaired) electrons. The van der Waals surface area contributed by atoms with Crippen molar-refractivity contribution in [3.63, 3.8) is 0 Å². The highest BCUT2D eigenvalue weighted by molar-refractivity contribution is 7.90. The van der Waals surface area contributed by atoms with Crippen molar-refractivity contribution in [1.82, 2.24) is 0 Å². The average molecular weight is 418 g/mol. The van der Waals surface area contributed by atoms with Crippen LogP contribution >= 0.6 is 0 Å². The number of carbonyl (C=O) groups is 2. The standard InChI is InChI=1S/C20H16F2N2O4S/c1-10(25)17-15(8-14(21)18(19(17)22)12-4-5-12)24-20(26)13-7-11(9-23)3-6-16(13)29(2,27)28/h3,6-8,12H,4-5H2,1-2H3,(H,24,26). The fraction of sp³-hybridized carbons (Fsp3) is 0.250. The highest BCUT2D eigenvalue weighted by Crippen LogP contribution is 2.44. The van der Waals surface area contributed by atoms with Gasteiger partial charge in [0.05, 0.1) is 33.3 Å². The molecule has 0 saturated heterocycles. The lowest BCUT2D eigenvalue weighted by atomic mass is 10.00. The maximum Gasteiger partial charge on any atom is 0.257 e. The number of Topliss-reactive ketones (excluding diaryl/α,β-unsaturated/α-hetero) is 1. The molecule has 0 unspecified atom stereocenters. The van der Waals surface area contributed by atoms with Crippen molar-refractivity contribution in [3.8, 4) is 6.07 Å². The van der Waals surface area contributed by atoms with E-state index in [1.165, 1.54) is 6.07 Å². The van der Waals surface area contributed by atoms with Gasteiger partial charge in [0.25, 0.3) is 5.91 Å². The van der Waals surface area contributed by atoms with Crippen molar-refractivity contribution in [2.24, 2.45) is 0 Å². The van der Waals surface area contributed by atoms with Crippen LogP contribution in [0.25, 0.3) is 0 Å². The molecule has 0 atom stereocenters. The van der Waals surface area contributed by atoms with E-state index in [2.05, 4.69) is 5.32 Å². The number of benzene rings is 2. The van der Waals surface area contributed by atoms with Crippen LogP contribution in [0.15, 0.2) is 29.2 Å². The number of nitriles is 1. The van der Waals surface area contributed by atoms with Crippen molar-refractivity contribution >= 4 is 27.2 Å². The molecule has 2 aromatic carbocycles. The number of carbonyl (C=O) groups excluding carboxylic acids is 2. The molecule has 1 fully saturated rings. The summed E-state index contributed by atoms with van der Waals surface area (Å²) in [4.78, 5) is 24.4. The highest BCUT2D eigenvalue weighted by Gasteiger charge is 2.33. The summed E-state index contributed by atoms with van der Waals surface area (Å²) in [7, 11) is -3.83. The molecule has 3 rings (SSSR count). The Bertz CT molecular complexity index is 1200. The molecular formula is C20H16F2N2O4S. The molecule has 6 nitrogen and oxygen atoms in total. The number of ketones is 1. The average Bonchev–Trinajstić information content (AvgIpc) is 3.44. The van der Waals surface area contributed by atoms with Crippen molar-refractivity contribution in [3.05, 3.63) is 58.2 Å². The molecule has 1 aliphatic rings. The molecule has 9 heteroatoms. The number of amides is 1. The van der Waals surface area contributed by atoms with E-state index in [-0.39, 0.29) is 27.5 Å². The summed E-state index contributed by atoms with van der Waals surface area (Å²) >= 11 is 0. The quantitative estimate of drug-likeness (QED) is 0.748. The second kappa shape index (κ2) is 7.37. The molecule has 1 aliphatic carbocycles. The summed E-state index contributed by atoms with van der Waals surface area (Å²) in [5.41, 5.74) is -1.40. The molecule has 0 aromatic heterocycles. The van der Waals surface area contributed by atoms with E-state index in [4.69, 9.17) is 5.26 Å². The zero-order valence-corrected chi connectivity index (χ0v) is 16.4. The van der Waals surface area contributed by atoms with E-state index < -0.39 is 44.4 Å². The number of hydrogen-bond donors (Lipinski definition) is 1. The molecule has 1 N–H and O–H groups in total. The topological polar surface area (TPSA) is 104 Å².